The maximum Gasteiger partial charge on any atom is 0.209 e. The Kier molecular flexibility index (Phi) is 10.8. The molecule has 0 aromatic heterocycles. The van der Waals surface area contributed by atoms with E-state index in [0.717, 1.165) is 25.9 Å². The summed E-state index contributed by atoms with van der Waals surface area (Å²) in [6, 6.07) is 10.5. The van der Waals surface area contributed by atoms with Crippen LogP contribution in [-0.4, -0.2) is 20.3 Å². The maximum absolute atomic E-state index is 10.3. The second-order valence-corrected chi connectivity index (χ2v) is 6.21. The summed E-state index contributed by atoms with van der Waals surface area (Å²) in [5.41, 5.74) is 1.34. The first-order valence-electron chi connectivity index (χ1n) is 7.95. The van der Waals surface area contributed by atoms with Gasteiger partial charge in [0.15, 0.2) is 0 Å². The van der Waals surface area contributed by atoms with Crippen molar-refractivity contribution in [2.45, 2.75) is 57.9 Å². The van der Waals surface area contributed by atoms with E-state index in [-0.39, 0.29) is 0 Å². The molecule has 0 aliphatic carbocycles. The molecule has 0 aliphatic rings. The fourth-order valence-electron chi connectivity index (χ4n) is 2.29. The summed E-state index contributed by atoms with van der Waals surface area (Å²) in [5.74, 6) is 0. The summed E-state index contributed by atoms with van der Waals surface area (Å²) >= 11 is 0. The van der Waals surface area contributed by atoms with Crippen molar-refractivity contribution in [1.82, 2.24) is 5.32 Å². The van der Waals surface area contributed by atoms with E-state index in [4.69, 9.17) is 0 Å². The molecule has 1 aromatic rings. The normalized spacial score (nSPS) is 10.5. The Morgan fingerprint density at radius 2 is 1.48 bits per heavy atom. The van der Waals surface area contributed by atoms with Crippen LogP contribution in [0.1, 0.15) is 56.9 Å². The van der Waals surface area contributed by atoms with Crippen molar-refractivity contribution in [3.8, 4) is 0 Å². The highest BCUT2D eigenvalue weighted by molar-refractivity contribution is 7.71. The third kappa shape index (κ3) is 11.2. The van der Waals surface area contributed by atoms with Crippen LogP contribution in [0.2, 0.25) is 0 Å². The van der Waals surface area contributed by atoms with Crippen molar-refractivity contribution >= 4 is 15.7 Å². The Labute approximate surface area is 130 Å². The molecule has 1 aromatic carbocycles. The average Bonchev–Trinajstić information content (AvgIpc) is 2.49. The number of benzene rings is 1. The minimum atomic E-state index is -1.98. The lowest BCUT2D eigenvalue weighted by Gasteiger charge is -2.05. The highest BCUT2D eigenvalue weighted by Gasteiger charge is 1.93. The molecular formula is C17H27NO2S. The summed E-state index contributed by atoms with van der Waals surface area (Å²) in [4.78, 5) is 0. The van der Waals surface area contributed by atoms with Gasteiger partial charge in [0.05, 0.1) is 0 Å². The number of hydrogen-bond acceptors (Lipinski definition) is 3. The molecule has 3 nitrogen and oxygen atoms in total. The van der Waals surface area contributed by atoms with Crippen LogP contribution in [0.5, 0.6) is 0 Å². The summed E-state index contributed by atoms with van der Waals surface area (Å²) in [6.45, 7) is 2.04. The Hall–Kier alpha value is -1.13. The summed E-state index contributed by atoms with van der Waals surface area (Å²) in [6.07, 6.45) is 9.10. The first kappa shape index (κ1) is 17.9. The van der Waals surface area contributed by atoms with Gasteiger partial charge in [0.1, 0.15) is 0 Å². The van der Waals surface area contributed by atoms with E-state index in [2.05, 4.69) is 29.6 Å². The Bertz CT molecular complexity index is 475. The standard InChI is InChI=1S/C17H27NO2S/c19-21(20)15-11-6-4-2-1-3-5-10-14-18-16-17-12-8-7-9-13-17/h7-9,12-13,15,18H,1-6,10-11,14,16H2. The lowest BCUT2D eigenvalue weighted by molar-refractivity contribution is 0.560. The van der Waals surface area contributed by atoms with Crippen LogP contribution in [0.25, 0.3) is 0 Å². The van der Waals surface area contributed by atoms with Gasteiger partial charge in [0.2, 0.25) is 10.3 Å². The van der Waals surface area contributed by atoms with Gasteiger partial charge < -0.3 is 5.32 Å². The monoisotopic (exact) mass is 309 g/mol. The molecular weight excluding hydrogens is 282 g/mol. The highest BCUT2D eigenvalue weighted by Crippen LogP contribution is 2.07. The third-order valence-corrected chi connectivity index (χ3v) is 3.99. The van der Waals surface area contributed by atoms with Crippen molar-refractivity contribution in [3.63, 3.8) is 0 Å². The predicted octanol–water partition coefficient (Wildman–Crippen LogP) is 3.58. The Morgan fingerprint density at radius 3 is 2.14 bits per heavy atom. The summed E-state index contributed by atoms with van der Waals surface area (Å²) < 4.78 is 20.6. The van der Waals surface area contributed by atoms with Gasteiger partial charge in [0, 0.05) is 11.9 Å². The zero-order valence-electron chi connectivity index (χ0n) is 12.8. The molecule has 0 saturated heterocycles. The molecule has 0 heterocycles. The third-order valence-electron chi connectivity index (χ3n) is 3.48. The zero-order valence-corrected chi connectivity index (χ0v) is 13.6. The van der Waals surface area contributed by atoms with Crippen molar-refractivity contribution in [2.24, 2.45) is 0 Å². The first-order chi connectivity index (χ1) is 10.3. The van der Waals surface area contributed by atoms with Gasteiger partial charge in [-0.25, -0.2) is 0 Å². The minimum Gasteiger partial charge on any atom is -0.313 e. The summed E-state index contributed by atoms with van der Waals surface area (Å²) in [7, 11) is -1.98. The SMILES string of the molecule is O=S(=O)=CCCCCCCCCCNCc1ccccc1. The second-order valence-electron chi connectivity index (χ2n) is 5.35. The van der Waals surface area contributed by atoms with E-state index in [0.29, 0.717) is 6.42 Å². The molecule has 0 amide bonds. The fraction of sp³-hybridized carbons (Fsp3) is 0.588. The van der Waals surface area contributed by atoms with E-state index in [1.165, 1.54) is 43.0 Å². The molecule has 0 spiro atoms. The molecule has 0 saturated carbocycles. The van der Waals surface area contributed by atoms with E-state index in [1.807, 2.05) is 6.07 Å². The molecule has 0 bridgehead atoms. The zero-order chi connectivity index (χ0) is 15.2. The lowest BCUT2D eigenvalue weighted by atomic mass is 10.1. The fourth-order valence-corrected chi connectivity index (χ4v) is 2.65. The Balaban J connectivity index is 1.81. The van der Waals surface area contributed by atoms with Crippen LogP contribution in [0.3, 0.4) is 0 Å². The van der Waals surface area contributed by atoms with E-state index >= 15 is 0 Å². The molecule has 118 valence electrons. The molecule has 0 aliphatic heterocycles. The largest absolute Gasteiger partial charge is 0.313 e. The van der Waals surface area contributed by atoms with Crippen LogP contribution in [-0.2, 0) is 16.8 Å². The Morgan fingerprint density at radius 1 is 0.857 bits per heavy atom. The number of hydrogen-bond donors (Lipinski definition) is 1. The van der Waals surface area contributed by atoms with Crippen molar-refractivity contribution in [1.29, 1.82) is 0 Å². The van der Waals surface area contributed by atoms with Crippen LogP contribution in [0.4, 0.5) is 0 Å². The van der Waals surface area contributed by atoms with Gasteiger partial charge in [-0.15, -0.1) is 0 Å². The maximum atomic E-state index is 10.3. The smallest absolute Gasteiger partial charge is 0.209 e. The topological polar surface area (TPSA) is 46.2 Å². The molecule has 0 fully saturated rings. The second kappa shape index (κ2) is 12.6. The number of nitrogens with one attached hydrogen (secondary N) is 1. The molecule has 0 unspecified atom stereocenters. The van der Waals surface area contributed by atoms with Crippen molar-refractivity contribution in [2.75, 3.05) is 6.54 Å². The van der Waals surface area contributed by atoms with Gasteiger partial charge in [0.25, 0.3) is 0 Å². The van der Waals surface area contributed by atoms with Gasteiger partial charge in [-0.1, -0.05) is 62.4 Å². The van der Waals surface area contributed by atoms with Gasteiger partial charge in [-0.3, -0.25) is 0 Å². The first-order valence-corrected chi connectivity index (χ1v) is 9.09. The van der Waals surface area contributed by atoms with Crippen LogP contribution in [0, 0.1) is 0 Å². The van der Waals surface area contributed by atoms with E-state index in [9.17, 15) is 8.42 Å². The molecule has 1 rings (SSSR count). The van der Waals surface area contributed by atoms with Crippen LogP contribution in [0.15, 0.2) is 30.3 Å². The molecule has 0 radical (unpaired) electrons. The molecule has 0 atom stereocenters. The average molecular weight is 309 g/mol. The van der Waals surface area contributed by atoms with Gasteiger partial charge >= 0.3 is 0 Å². The van der Waals surface area contributed by atoms with Gasteiger partial charge in [-0.2, -0.15) is 8.42 Å². The van der Waals surface area contributed by atoms with Crippen LogP contribution < -0.4 is 5.32 Å². The predicted molar refractivity (Wildman–Crippen MR) is 90.1 cm³/mol. The summed E-state index contributed by atoms with van der Waals surface area (Å²) in [5, 5.41) is 4.83. The van der Waals surface area contributed by atoms with Gasteiger partial charge in [-0.05, 0) is 31.4 Å². The molecule has 1 N–H and O–H groups in total. The van der Waals surface area contributed by atoms with E-state index in [1.54, 1.807) is 0 Å². The van der Waals surface area contributed by atoms with Crippen molar-refractivity contribution < 1.29 is 8.42 Å². The van der Waals surface area contributed by atoms with E-state index < -0.39 is 10.3 Å². The van der Waals surface area contributed by atoms with Crippen molar-refractivity contribution in [3.05, 3.63) is 35.9 Å². The lowest BCUT2D eigenvalue weighted by Crippen LogP contribution is -2.14. The molecule has 21 heavy (non-hydrogen) atoms. The number of unbranched alkanes of at least 4 members (excludes halogenated alkanes) is 7. The number of rotatable bonds is 12. The molecule has 4 heteroatoms. The quantitative estimate of drug-likeness (QED) is 0.474. The highest BCUT2D eigenvalue weighted by atomic mass is 32.2. The minimum absolute atomic E-state index is 0.694. The van der Waals surface area contributed by atoms with Crippen LogP contribution >= 0.6 is 0 Å².